The number of halogens is 2. The highest BCUT2D eigenvalue weighted by Crippen LogP contribution is 2.27. The van der Waals surface area contributed by atoms with Gasteiger partial charge in [0, 0.05) is 22.7 Å². The van der Waals surface area contributed by atoms with Gasteiger partial charge in [0.2, 0.25) is 5.91 Å². The fraction of sp³-hybridized carbons (Fsp3) is 0.235. The van der Waals surface area contributed by atoms with Gasteiger partial charge in [-0.05, 0) is 36.8 Å². The summed E-state index contributed by atoms with van der Waals surface area (Å²) in [5.74, 6) is -0.394. The second-order valence-corrected chi connectivity index (χ2v) is 5.30. The molecule has 2 rings (SSSR count). The van der Waals surface area contributed by atoms with Crippen molar-refractivity contribution >= 4 is 23.2 Å². The van der Waals surface area contributed by atoms with Crippen LogP contribution in [-0.4, -0.2) is 5.91 Å². The van der Waals surface area contributed by atoms with Gasteiger partial charge in [0.25, 0.3) is 0 Å². The van der Waals surface area contributed by atoms with Crippen molar-refractivity contribution < 1.29 is 13.9 Å². The van der Waals surface area contributed by atoms with Gasteiger partial charge in [-0.1, -0.05) is 30.7 Å². The lowest BCUT2D eigenvalue weighted by Crippen LogP contribution is -2.12. The topological polar surface area (TPSA) is 38.3 Å². The molecular weight excluding hydrogens is 305 g/mol. The van der Waals surface area contributed by atoms with Gasteiger partial charge in [0.1, 0.15) is 6.61 Å². The number of benzene rings is 2. The lowest BCUT2D eigenvalue weighted by Gasteiger charge is -2.14. The van der Waals surface area contributed by atoms with E-state index >= 15 is 0 Å². The third-order valence-electron chi connectivity index (χ3n) is 3.17. The lowest BCUT2D eigenvalue weighted by atomic mass is 10.1. The molecule has 1 N–H and O–H groups in total. The molecule has 0 aromatic heterocycles. The van der Waals surface area contributed by atoms with Crippen molar-refractivity contribution in [2.24, 2.45) is 0 Å². The molecule has 0 saturated carbocycles. The highest BCUT2D eigenvalue weighted by atomic mass is 35.5. The van der Waals surface area contributed by atoms with Crippen LogP contribution in [0.3, 0.4) is 0 Å². The number of carbonyl (C=O) groups excluding carboxylic acids is 1. The maximum Gasteiger partial charge on any atom is 0.224 e. The minimum absolute atomic E-state index is 0.0684. The van der Waals surface area contributed by atoms with Crippen LogP contribution in [0.2, 0.25) is 5.02 Å². The van der Waals surface area contributed by atoms with Crippen molar-refractivity contribution in [2.45, 2.75) is 26.9 Å². The maximum absolute atomic E-state index is 13.8. The number of amides is 1. The molecule has 3 nitrogen and oxygen atoms in total. The largest absolute Gasteiger partial charge is 0.486 e. The summed E-state index contributed by atoms with van der Waals surface area (Å²) in [6.45, 7) is 3.63. The maximum atomic E-state index is 13.8. The van der Waals surface area contributed by atoms with Gasteiger partial charge >= 0.3 is 0 Å². The monoisotopic (exact) mass is 321 g/mol. The van der Waals surface area contributed by atoms with E-state index in [2.05, 4.69) is 5.32 Å². The minimum Gasteiger partial charge on any atom is -0.486 e. The molecular formula is C17H17ClFNO2. The van der Waals surface area contributed by atoms with Crippen molar-refractivity contribution in [3.8, 4) is 5.75 Å². The molecule has 0 saturated heterocycles. The quantitative estimate of drug-likeness (QED) is 0.865. The van der Waals surface area contributed by atoms with E-state index in [1.165, 1.54) is 6.07 Å². The van der Waals surface area contributed by atoms with E-state index in [-0.39, 0.29) is 18.3 Å². The summed E-state index contributed by atoms with van der Waals surface area (Å²) in [5.41, 5.74) is 2.01. The first kappa shape index (κ1) is 16.3. The Hall–Kier alpha value is -2.07. The Morgan fingerprint density at radius 3 is 2.77 bits per heavy atom. The molecule has 0 aliphatic heterocycles. The van der Waals surface area contributed by atoms with Crippen molar-refractivity contribution in [1.29, 1.82) is 0 Å². The van der Waals surface area contributed by atoms with Crippen LogP contribution in [-0.2, 0) is 11.4 Å². The van der Waals surface area contributed by atoms with Crippen molar-refractivity contribution in [2.75, 3.05) is 5.32 Å². The normalized spacial score (nSPS) is 10.4. The highest BCUT2D eigenvalue weighted by molar-refractivity contribution is 6.31. The van der Waals surface area contributed by atoms with E-state index in [9.17, 15) is 9.18 Å². The standard InChI is InChI=1S/C17H17ClFNO2/c1-3-17(21)20-15-6-4-5-13(18)12(15)10-22-16-8-7-11(2)9-14(16)19/h4-9H,3,10H2,1-2H3,(H,20,21). The number of nitrogens with one attached hydrogen (secondary N) is 1. The lowest BCUT2D eigenvalue weighted by molar-refractivity contribution is -0.115. The second kappa shape index (κ2) is 7.27. The number of hydrogen-bond acceptors (Lipinski definition) is 2. The second-order valence-electron chi connectivity index (χ2n) is 4.89. The van der Waals surface area contributed by atoms with Gasteiger partial charge in [-0.3, -0.25) is 4.79 Å². The Morgan fingerprint density at radius 1 is 1.32 bits per heavy atom. The number of hydrogen-bond donors (Lipinski definition) is 1. The summed E-state index contributed by atoms with van der Waals surface area (Å²) in [5, 5.41) is 3.22. The molecule has 2 aromatic carbocycles. The molecule has 5 heteroatoms. The van der Waals surface area contributed by atoms with Gasteiger partial charge in [-0.15, -0.1) is 0 Å². The van der Waals surface area contributed by atoms with Crippen LogP contribution in [0.25, 0.3) is 0 Å². The molecule has 0 unspecified atom stereocenters. The Bertz CT molecular complexity index is 688. The van der Waals surface area contributed by atoms with Crippen LogP contribution < -0.4 is 10.1 Å². The van der Waals surface area contributed by atoms with Gasteiger partial charge < -0.3 is 10.1 Å². The first-order valence-electron chi connectivity index (χ1n) is 6.97. The number of anilines is 1. The van der Waals surface area contributed by atoms with Gasteiger partial charge in [-0.2, -0.15) is 0 Å². The van der Waals surface area contributed by atoms with Crippen LogP contribution in [0.15, 0.2) is 36.4 Å². The zero-order valence-electron chi connectivity index (χ0n) is 12.5. The Kier molecular flexibility index (Phi) is 5.39. The first-order valence-corrected chi connectivity index (χ1v) is 7.35. The molecule has 22 heavy (non-hydrogen) atoms. The number of ether oxygens (including phenoxy) is 1. The molecule has 0 aliphatic rings. The van der Waals surface area contributed by atoms with Crippen LogP contribution in [0.1, 0.15) is 24.5 Å². The molecule has 0 atom stereocenters. The molecule has 0 aliphatic carbocycles. The molecule has 0 radical (unpaired) electrons. The average Bonchev–Trinajstić information content (AvgIpc) is 2.48. The van der Waals surface area contributed by atoms with E-state index in [4.69, 9.17) is 16.3 Å². The fourth-order valence-electron chi connectivity index (χ4n) is 1.93. The molecule has 0 spiro atoms. The van der Waals surface area contributed by atoms with E-state index in [1.54, 1.807) is 44.2 Å². The predicted octanol–water partition coefficient (Wildman–Crippen LogP) is 4.72. The summed E-state index contributed by atoms with van der Waals surface area (Å²) in [4.78, 5) is 11.6. The fourth-order valence-corrected chi connectivity index (χ4v) is 2.16. The zero-order valence-corrected chi connectivity index (χ0v) is 13.2. The summed E-state index contributed by atoms with van der Waals surface area (Å²) in [6.07, 6.45) is 0.361. The Morgan fingerprint density at radius 2 is 2.09 bits per heavy atom. The average molecular weight is 322 g/mol. The van der Waals surface area contributed by atoms with Crippen LogP contribution in [0.5, 0.6) is 5.75 Å². The van der Waals surface area contributed by atoms with Crippen LogP contribution in [0, 0.1) is 12.7 Å². The SMILES string of the molecule is CCC(=O)Nc1cccc(Cl)c1COc1ccc(C)cc1F. The van der Waals surface area contributed by atoms with Crippen LogP contribution in [0.4, 0.5) is 10.1 Å². The van der Waals surface area contributed by atoms with Crippen molar-refractivity contribution in [3.63, 3.8) is 0 Å². The minimum atomic E-state index is -0.425. The summed E-state index contributed by atoms with van der Waals surface area (Å²) in [7, 11) is 0. The van der Waals surface area contributed by atoms with Crippen LogP contribution >= 0.6 is 11.6 Å². The van der Waals surface area contributed by atoms with E-state index in [0.717, 1.165) is 5.56 Å². The summed E-state index contributed by atoms with van der Waals surface area (Å²) < 4.78 is 19.3. The zero-order chi connectivity index (χ0) is 16.1. The van der Waals surface area contributed by atoms with Gasteiger partial charge in [0.05, 0.1) is 0 Å². The highest BCUT2D eigenvalue weighted by Gasteiger charge is 2.11. The van der Waals surface area contributed by atoms with E-state index in [0.29, 0.717) is 22.7 Å². The van der Waals surface area contributed by atoms with Crippen molar-refractivity contribution in [3.05, 3.63) is 58.4 Å². The third-order valence-corrected chi connectivity index (χ3v) is 3.53. The molecule has 0 heterocycles. The van der Waals surface area contributed by atoms with E-state index in [1.807, 2.05) is 0 Å². The third kappa shape index (κ3) is 3.98. The Balaban J connectivity index is 2.19. The van der Waals surface area contributed by atoms with Gasteiger partial charge in [0.15, 0.2) is 11.6 Å². The first-order chi connectivity index (χ1) is 10.5. The van der Waals surface area contributed by atoms with Gasteiger partial charge in [-0.25, -0.2) is 4.39 Å². The van der Waals surface area contributed by atoms with E-state index < -0.39 is 5.82 Å². The predicted molar refractivity (Wildman–Crippen MR) is 85.8 cm³/mol. The summed E-state index contributed by atoms with van der Waals surface area (Å²) >= 11 is 6.16. The molecule has 2 aromatic rings. The molecule has 0 bridgehead atoms. The number of rotatable bonds is 5. The number of carbonyl (C=O) groups is 1. The smallest absolute Gasteiger partial charge is 0.224 e. The van der Waals surface area contributed by atoms with Crippen molar-refractivity contribution in [1.82, 2.24) is 0 Å². The summed E-state index contributed by atoms with van der Waals surface area (Å²) in [6, 6.07) is 9.93. The molecule has 0 fully saturated rings. The number of aryl methyl sites for hydroxylation is 1. The molecule has 1 amide bonds. The Labute approximate surface area is 134 Å². The molecule has 116 valence electrons.